The summed E-state index contributed by atoms with van der Waals surface area (Å²) in [6, 6.07) is 8.99. The Morgan fingerprint density at radius 2 is 1.42 bits per heavy atom. The van der Waals surface area contributed by atoms with Gasteiger partial charge in [-0.1, -0.05) is 80.0 Å². The van der Waals surface area contributed by atoms with E-state index in [2.05, 4.69) is 13.8 Å². The molecule has 0 aromatic heterocycles. The number of fused-ring (bicyclic) bond motifs is 5. The van der Waals surface area contributed by atoms with Crippen LogP contribution in [0, 0.1) is 40.4 Å². The lowest BCUT2D eigenvalue weighted by Crippen LogP contribution is -2.56. The number of rotatable bonds is 4. The standard InChI is InChI=1S/C28H40O3S.3C2H6/c1-27-17-14-26-24(12-11-21-19-22(29)13-16-28(21,26)2)25(27)10-6-7-20(27)15-18-32(30,31)23-8-4-3-5-9-23;3*1-2/h3-5,8-9,20-21,24-26H,6-7,10-19H2,1-2H3;3*1-2H3/t20?,21?,24?,25?,26?,27-,28+;;;/m1.../s1. The Balaban J connectivity index is 0.000000791. The van der Waals surface area contributed by atoms with Gasteiger partial charge in [0.05, 0.1) is 10.6 Å². The number of sulfone groups is 1. The lowest BCUT2D eigenvalue weighted by Gasteiger charge is -2.63. The number of Topliss-reactive ketones (excluding diaryl/α,β-unsaturated/α-hetero) is 1. The third-order valence-corrected chi connectivity index (χ3v) is 12.5. The second kappa shape index (κ2) is 14.5. The van der Waals surface area contributed by atoms with Crippen molar-refractivity contribution in [3.63, 3.8) is 0 Å². The lowest BCUT2D eigenvalue weighted by molar-refractivity contribution is -0.151. The first kappa shape index (κ1) is 33.0. The first-order valence-electron chi connectivity index (χ1n) is 16.0. The molecule has 0 radical (unpaired) electrons. The smallest absolute Gasteiger partial charge is 0.178 e. The minimum absolute atomic E-state index is 0.277. The van der Waals surface area contributed by atoms with Crippen molar-refractivity contribution in [1.82, 2.24) is 0 Å². The van der Waals surface area contributed by atoms with Crippen LogP contribution in [0.1, 0.15) is 126 Å². The zero-order valence-corrected chi connectivity index (χ0v) is 26.7. The number of hydrogen-bond donors (Lipinski definition) is 0. The topological polar surface area (TPSA) is 51.2 Å². The van der Waals surface area contributed by atoms with Crippen molar-refractivity contribution >= 4 is 15.6 Å². The summed E-state index contributed by atoms with van der Waals surface area (Å²) in [5.74, 6) is 4.15. The van der Waals surface area contributed by atoms with E-state index >= 15 is 0 Å². The number of carbonyl (C=O) groups is 1. The highest BCUT2D eigenvalue weighted by molar-refractivity contribution is 7.91. The van der Waals surface area contributed by atoms with Crippen LogP contribution in [0.15, 0.2) is 35.2 Å². The van der Waals surface area contributed by atoms with Gasteiger partial charge in [0.1, 0.15) is 5.78 Å². The molecule has 218 valence electrons. The van der Waals surface area contributed by atoms with Gasteiger partial charge in [-0.05, 0) is 104 Å². The molecule has 1 aromatic carbocycles. The maximum atomic E-state index is 13.0. The van der Waals surface area contributed by atoms with E-state index in [1.165, 1.54) is 44.9 Å². The molecule has 0 N–H and O–H groups in total. The zero-order chi connectivity index (χ0) is 28.6. The van der Waals surface area contributed by atoms with Crippen molar-refractivity contribution in [2.45, 2.75) is 131 Å². The quantitative estimate of drug-likeness (QED) is 0.378. The van der Waals surface area contributed by atoms with Gasteiger partial charge in [-0.3, -0.25) is 4.79 Å². The van der Waals surface area contributed by atoms with Gasteiger partial charge in [0.15, 0.2) is 9.84 Å². The molecule has 38 heavy (non-hydrogen) atoms. The molecule has 0 amide bonds. The maximum Gasteiger partial charge on any atom is 0.178 e. The Labute approximate surface area is 235 Å². The normalized spacial score (nSPS) is 35.8. The minimum Gasteiger partial charge on any atom is -0.300 e. The summed E-state index contributed by atoms with van der Waals surface area (Å²) >= 11 is 0. The van der Waals surface area contributed by atoms with Crippen LogP contribution in [0.5, 0.6) is 0 Å². The van der Waals surface area contributed by atoms with Crippen molar-refractivity contribution in [2.24, 2.45) is 40.4 Å². The maximum absolute atomic E-state index is 13.0. The first-order valence-corrected chi connectivity index (χ1v) is 17.7. The van der Waals surface area contributed by atoms with E-state index < -0.39 is 9.84 Å². The fourth-order valence-corrected chi connectivity index (χ4v) is 10.3. The van der Waals surface area contributed by atoms with Crippen LogP contribution in [0.4, 0.5) is 0 Å². The van der Waals surface area contributed by atoms with Crippen molar-refractivity contribution < 1.29 is 13.2 Å². The minimum atomic E-state index is -3.21. The van der Waals surface area contributed by atoms with Crippen molar-refractivity contribution in [3.05, 3.63) is 30.3 Å². The van der Waals surface area contributed by atoms with E-state index in [9.17, 15) is 13.2 Å². The van der Waals surface area contributed by atoms with Crippen molar-refractivity contribution in [2.75, 3.05) is 5.75 Å². The fourth-order valence-electron chi connectivity index (χ4n) is 8.87. The fraction of sp³-hybridized carbons (Fsp3) is 0.794. The molecule has 0 spiro atoms. The molecule has 1 aromatic rings. The average Bonchev–Trinajstić information content (AvgIpc) is 2.95. The number of ketones is 1. The third kappa shape index (κ3) is 6.58. The molecular weight excluding hydrogens is 488 g/mol. The molecule has 0 aliphatic heterocycles. The highest BCUT2D eigenvalue weighted by atomic mass is 32.2. The van der Waals surface area contributed by atoms with E-state index in [-0.39, 0.29) is 11.2 Å². The first-order chi connectivity index (χ1) is 18.2. The molecule has 0 saturated heterocycles. The summed E-state index contributed by atoms with van der Waals surface area (Å²) in [7, 11) is -3.21. The van der Waals surface area contributed by atoms with E-state index in [1.807, 2.05) is 59.7 Å². The molecule has 4 aliphatic rings. The Morgan fingerprint density at radius 3 is 2.08 bits per heavy atom. The van der Waals surface area contributed by atoms with Gasteiger partial charge in [-0.25, -0.2) is 8.42 Å². The van der Waals surface area contributed by atoms with Crippen LogP contribution in [-0.2, 0) is 14.6 Å². The van der Waals surface area contributed by atoms with E-state index in [0.29, 0.717) is 27.9 Å². The Hall–Kier alpha value is -1.16. The molecule has 0 heterocycles. The lowest BCUT2D eigenvalue weighted by atomic mass is 9.41. The molecular formula is C34H58O3S. The monoisotopic (exact) mass is 546 g/mol. The van der Waals surface area contributed by atoms with Gasteiger partial charge < -0.3 is 0 Å². The highest BCUT2D eigenvalue weighted by Crippen LogP contribution is 2.66. The Kier molecular flexibility index (Phi) is 12.6. The van der Waals surface area contributed by atoms with E-state index in [4.69, 9.17) is 0 Å². The molecule has 4 heteroatoms. The SMILES string of the molecule is CC.CC.CC.C[C@]12CCC(=O)CC1CCC1C2CC[C@]2(C)C(CCS(=O)(=O)c3ccccc3)CCCC12. The Bertz CT molecular complexity index is 955. The second-order valence-electron chi connectivity index (χ2n) is 12.0. The largest absolute Gasteiger partial charge is 0.300 e. The summed E-state index contributed by atoms with van der Waals surface area (Å²) in [4.78, 5) is 12.6. The van der Waals surface area contributed by atoms with Crippen LogP contribution in [0.25, 0.3) is 0 Å². The van der Waals surface area contributed by atoms with Crippen LogP contribution in [0.3, 0.4) is 0 Å². The van der Waals surface area contributed by atoms with Gasteiger partial charge in [0.25, 0.3) is 0 Å². The molecule has 0 bridgehead atoms. The molecule has 3 nitrogen and oxygen atoms in total. The predicted octanol–water partition coefficient (Wildman–Crippen LogP) is 9.55. The number of benzene rings is 1. The summed E-state index contributed by atoms with van der Waals surface area (Å²) < 4.78 is 25.9. The van der Waals surface area contributed by atoms with Gasteiger partial charge in [-0.15, -0.1) is 0 Å². The summed E-state index contributed by atoms with van der Waals surface area (Å²) in [5, 5.41) is 0. The summed E-state index contributed by atoms with van der Waals surface area (Å²) in [5.41, 5.74) is 0.626. The molecule has 4 fully saturated rings. The van der Waals surface area contributed by atoms with Gasteiger partial charge >= 0.3 is 0 Å². The van der Waals surface area contributed by atoms with Crippen molar-refractivity contribution in [1.29, 1.82) is 0 Å². The van der Waals surface area contributed by atoms with Crippen LogP contribution >= 0.6 is 0 Å². The van der Waals surface area contributed by atoms with Crippen molar-refractivity contribution in [3.8, 4) is 0 Å². The second-order valence-corrected chi connectivity index (χ2v) is 14.1. The molecule has 5 unspecified atom stereocenters. The third-order valence-electron chi connectivity index (χ3n) is 10.8. The Morgan fingerprint density at radius 1 is 0.789 bits per heavy atom. The highest BCUT2D eigenvalue weighted by Gasteiger charge is 2.58. The van der Waals surface area contributed by atoms with Gasteiger partial charge in [0.2, 0.25) is 0 Å². The van der Waals surface area contributed by atoms with Crippen LogP contribution < -0.4 is 0 Å². The summed E-state index contributed by atoms with van der Waals surface area (Å²) in [6.45, 7) is 17.0. The zero-order valence-electron chi connectivity index (χ0n) is 25.9. The molecule has 5 rings (SSSR count). The summed E-state index contributed by atoms with van der Waals surface area (Å²) in [6.07, 6.45) is 12.3. The van der Waals surface area contributed by atoms with Gasteiger partial charge in [-0.2, -0.15) is 0 Å². The molecule has 7 atom stereocenters. The molecule has 4 saturated carbocycles. The number of carbonyl (C=O) groups excluding carboxylic acids is 1. The predicted molar refractivity (Wildman–Crippen MR) is 162 cm³/mol. The molecule has 4 aliphatic carbocycles. The van der Waals surface area contributed by atoms with E-state index in [0.717, 1.165) is 43.4 Å². The average molecular weight is 547 g/mol. The van der Waals surface area contributed by atoms with Gasteiger partial charge in [0, 0.05) is 12.8 Å². The number of hydrogen-bond acceptors (Lipinski definition) is 3. The van der Waals surface area contributed by atoms with Crippen LogP contribution in [0.2, 0.25) is 0 Å². The van der Waals surface area contributed by atoms with Crippen LogP contribution in [-0.4, -0.2) is 20.0 Å². The van der Waals surface area contributed by atoms with E-state index in [1.54, 1.807) is 12.1 Å².